The zero-order valence-electron chi connectivity index (χ0n) is 16.3. The lowest BCUT2D eigenvalue weighted by Gasteiger charge is -2.20. The molecule has 0 saturated carbocycles. The summed E-state index contributed by atoms with van der Waals surface area (Å²) in [6, 6.07) is 3.22. The van der Waals surface area contributed by atoms with Crippen LogP contribution in [0.25, 0.3) is 11.4 Å². The van der Waals surface area contributed by atoms with Crippen molar-refractivity contribution in [2.24, 2.45) is 5.73 Å². The monoisotopic (exact) mass is 421 g/mol. The highest BCUT2D eigenvalue weighted by atomic mass is 19.3. The molecule has 2 aromatic rings. The summed E-state index contributed by atoms with van der Waals surface area (Å²) in [7, 11) is 0. The van der Waals surface area contributed by atoms with E-state index in [1.165, 1.54) is 6.92 Å². The van der Waals surface area contributed by atoms with Gasteiger partial charge in [0.2, 0.25) is 5.91 Å². The van der Waals surface area contributed by atoms with Crippen LogP contribution in [0.15, 0.2) is 24.4 Å². The number of cyclic esters (lactones) is 1. The maximum Gasteiger partial charge on any atom is 0.416 e. The number of primary amides is 1. The van der Waals surface area contributed by atoms with Gasteiger partial charge in [-0.1, -0.05) is 0 Å². The fourth-order valence-corrected chi connectivity index (χ4v) is 3.58. The molecule has 1 saturated heterocycles. The van der Waals surface area contributed by atoms with Gasteiger partial charge in [-0.25, -0.2) is 23.5 Å². The fourth-order valence-electron chi connectivity index (χ4n) is 3.58. The molecule has 0 bridgehead atoms. The van der Waals surface area contributed by atoms with Gasteiger partial charge in [0, 0.05) is 18.0 Å². The van der Waals surface area contributed by atoms with Crippen LogP contribution in [0.4, 0.5) is 25.1 Å². The number of carbonyl (C=O) groups excluding carboxylic acids is 2. The second kappa shape index (κ2) is 7.47. The van der Waals surface area contributed by atoms with Crippen molar-refractivity contribution in [1.29, 1.82) is 0 Å². The van der Waals surface area contributed by atoms with E-state index in [0.717, 1.165) is 4.90 Å². The van der Waals surface area contributed by atoms with Crippen molar-refractivity contribution in [3.05, 3.63) is 24.4 Å². The van der Waals surface area contributed by atoms with Crippen LogP contribution in [0.5, 0.6) is 5.75 Å². The average molecular weight is 421 g/mol. The van der Waals surface area contributed by atoms with Crippen LogP contribution in [-0.4, -0.2) is 52.8 Å². The molecule has 1 aromatic carbocycles. The molecule has 30 heavy (non-hydrogen) atoms. The normalized spacial score (nSPS) is 21.4. The first-order valence-electron chi connectivity index (χ1n) is 9.44. The molecule has 3 heterocycles. The zero-order chi connectivity index (χ0) is 21.6. The molecule has 3 N–H and O–H groups in total. The quantitative estimate of drug-likeness (QED) is 0.766. The molecule has 0 aliphatic carbocycles. The maximum atomic E-state index is 13.5. The lowest BCUT2D eigenvalue weighted by atomic mass is 10.1. The summed E-state index contributed by atoms with van der Waals surface area (Å²) in [5.74, 6) is 0.594. The molecule has 11 heteroatoms. The molecule has 9 nitrogen and oxygen atoms in total. The van der Waals surface area contributed by atoms with Crippen LogP contribution in [-0.2, 0) is 16.1 Å². The Labute approximate surface area is 170 Å². The minimum Gasteiger partial charge on any atom is -0.491 e. The molecule has 2 aliphatic rings. The van der Waals surface area contributed by atoms with Crippen molar-refractivity contribution >= 4 is 23.5 Å². The third-order valence-corrected chi connectivity index (χ3v) is 5.15. The molecule has 0 radical (unpaired) electrons. The lowest BCUT2D eigenvalue weighted by Crippen LogP contribution is -2.41. The Morgan fingerprint density at radius 3 is 2.87 bits per heavy atom. The van der Waals surface area contributed by atoms with Gasteiger partial charge >= 0.3 is 6.09 Å². The van der Waals surface area contributed by atoms with E-state index in [9.17, 15) is 18.4 Å². The van der Waals surface area contributed by atoms with Gasteiger partial charge in [-0.05, 0) is 26.0 Å². The first-order valence-corrected chi connectivity index (χ1v) is 9.44. The van der Waals surface area contributed by atoms with Gasteiger partial charge < -0.3 is 25.1 Å². The summed E-state index contributed by atoms with van der Waals surface area (Å²) < 4.78 is 39.6. The van der Waals surface area contributed by atoms with Crippen molar-refractivity contribution < 1.29 is 27.8 Å². The number of hydrogen-bond acceptors (Lipinski definition) is 6. The predicted octanol–water partition coefficient (Wildman–Crippen LogP) is 2.21. The number of anilines is 2. The predicted molar refractivity (Wildman–Crippen MR) is 104 cm³/mol. The lowest BCUT2D eigenvalue weighted by molar-refractivity contribution is -0.118. The molecule has 0 spiro atoms. The molecule has 1 fully saturated rings. The van der Waals surface area contributed by atoms with Crippen LogP contribution in [0.3, 0.4) is 0 Å². The number of carbonyl (C=O) groups is 2. The highest BCUT2D eigenvalue weighted by Crippen LogP contribution is 2.37. The molecule has 4 rings (SSSR count). The zero-order valence-corrected chi connectivity index (χ0v) is 16.3. The number of nitrogens with one attached hydrogen (secondary N) is 1. The summed E-state index contributed by atoms with van der Waals surface area (Å²) >= 11 is 0. The van der Waals surface area contributed by atoms with E-state index in [2.05, 4.69) is 10.3 Å². The van der Waals surface area contributed by atoms with E-state index in [-0.39, 0.29) is 5.82 Å². The molecule has 2 aliphatic heterocycles. The van der Waals surface area contributed by atoms with Gasteiger partial charge in [-0.15, -0.1) is 0 Å². The Morgan fingerprint density at radius 2 is 2.17 bits per heavy atom. The number of rotatable bonds is 5. The molecule has 3 atom stereocenters. The van der Waals surface area contributed by atoms with E-state index in [1.54, 1.807) is 35.9 Å². The summed E-state index contributed by atoms with van der Waals surface area (Å²) in [5, 5.41) is 2.98. The summed E-state index contributed by atoms with van der Waals surface area (Å²) in [6.45, 7) is 3.79. The number of fused-ring (bicyclic) bond motifs is 3. The number of halogens is 2. The Morgan fingerprint density at radius 1 is 1.40 bits per heavy atom. The van der Waals surface area contributed by atoms with E-state index in [0.29, 0.717) is 36.0 Å². The minimum absolute atomic E-state index is 0.0991. The number of hydrogen-bond donors (Lipinski definition) is 2. The van der Waals surface area contributed by atoms with E-state index >= 15 is 0 Å². The van der Waals surface area contributed by atoms with E-state index in [4.69, 9.17) is 15.2 Å². The van der Waals surface area contributed by atoms with Crippen molar-refractivity contribution in [3.63, 3.8) is 0 Å². The average Bonchev–Trinajstić information content (AvgIpc) is 3.16. The Bertz CT molecular complexity index is 995. The molecule has 160 valence electrons. The van der Waals surface area contributed by atoms with E-state index in [1.807, 2.05) is 0 Å². The second-order valence-electron chi connectivity index (χ2n) is 7.23. The number of aromatic nitrogens is 2. The fraction of sp³-hybridized carbons (Fsp3) is 0.421. The molecular weight excluding hydrogens is 400 g/mol. The highest BCUT2D eigenvalue weighted by molar-refractivity contribution is 5.90. The number of imidazole rings is 1. The Balaban J connectivity index is 1.69. The summed E-state index contributed by atoms with van der Waals surface area (Å²) in [4.78, 5) is 28.8. The van der Waals surface area contributed by atoms with Crippen LogP contribution in [0, 0.1) is 0 Å². The number of alkyl halides is 2. The first kappa shape index (κ1) is 19.9. The summed E-state index contributed by atoms with van der Waals surface area (Å²) in [6.07, 6.45) is -3.03. The van der Waals surface area contributed by atoms with Crippen LogP contribution >= 0.6 is 0 Å². The molecule has 1 unspecified atom stereocenters. The van der Waals surface area contributed by atoms with Gasteiger partial charge in [-0.3, -0.25) is 4.79 Å². The maximum absolute atomic E-state index is 13.5. The number of nitrogens with two attached hydrogens (primary N) is 1. The van der Waals surface area contributed by atoms with Crippen molar-refractivity contribution in [1.82, 2.24) is 9.55 Å². The van der Waals surface area contributed by atoms with Gasteiger partial charge in [0.25, 0.3) is 6.43 Å². The van der Waals surface area contributed by atoms with Crippen molar-refractivity contribution in [2.75, 3.05) is 16.8 Å². The molecule has 1 aromatic heterocycles. The number of amides is 2. The van der Waals surface area contributed by atoms with Gasteiger partial charge in [0.15, 0.2) is 5.82 Å². The third kappa shape index (κ3) is 3.40. The Kier molecular flexibility index (Phi) is 4.96. The SMILES string of the molecule is CC(Nc1ccc2c(c1)OCCn1cc(N3C(=O)O[C@H](C)[C@H]3C(F)F)nc1-2)C(N)=O. The smallest absolute Gasteiger partial charge is 0.416 e. The van der Waals surface area contributed by atoms with Gasteiger partial charge in [0.05, 0.1) is 12.1 Å². The topological polar surface area (TPSA) is 112 Å². The molecular formula is C19H21F2N5O4. The van der Waals surface area contributed by atoms with Crippen LogP contribution in [0.1, 0.15) is 13.8 Å². The minimum atomic E-state index is -2.77. The summed E-state index contributed by atoms with van der Waals surface area (Å²) in [5.41, 5.74) is 6.55. The van der Waals surface area contributed by atoms with Gasteiger partial charge in [0.1, 0.15) is 36.4 Å². The number of benzene rings is 1. The van der Waals surface area contributed by atoms with Crippen molar-refractivity contribution in [3.8, 4) is 17.1 Å². The van der Waals surface area contributed by atoms with E-state index < -0.39 is 36.6 Å². The van der Waals surface area contributed by atoms with Crippen molar-refractivity contribution in [2.45, 2.75) is 45.0 Å². The Hall–Kier alpha value is -3.37. The largest absolute Gasteiger partial charge is 0.491 e. The van der Waals surface area contributed by atoms with Crippen LogP contribution in [0.2, 0.25) is 0 Å². The standard InChI is InChI=1S/C19H21F2N5O4/c1-9(17(22)27)23-11-3-4-12-13(7-11)29-6-5-25-8-14(24-18(12)25)26-15(16(20)21)10(2)30-19(26)28/h3-4,7-10,15-16,23H,5-6H2,1-2H3,(H2,22,27)/t9?,10-,15+/m1/s1. The molecule has 2 amide bonds. The second-order valence-corrected chi connectivity index (χ2v) is 7.23. The van der Waals surface area contributed by atoms with Crippen LogP contribution < -0.4 is 20.7 Å². The third-order valence-electron chi connectivity index (χ3n) is 5.15. The first-order chi connectivity index (χ1) is 14.3. The van der Waals surface area contributed by atoms with Gasteiger partial charge in [-0.2, -0.15) is 0 Å². The highest BCUT2D eigenvalue weighted by Gasteiger charge is 2.47. The number of ether oxygens (including phenoxy) is 2. The number of nitrogens with zero attached hydrogens (tertiary/aromatic N) is 3.